The topological polar surface area (TPSA) is 108 Å². The molecule has 1 N–H and O–H groups in total. The smallest absolute Gasteiger partial charge is 0.338 e. The lowest BCUT2D eigenvalue weighted by atomic mass is 9.82. The monoisotopic (exact) mass is 389 g/mol. The molecular formula is C20H23NO7. The van der Waals surface area contributed by atoms with Crippen molar-refractivity contribution in [3.8, 4) is 0 Å². The average Bonchev–Trinajstić information content (AvgIpc) is 2.68. The van der Waals surface area contributed by atoms with Crippen LogP contribution < -0.4 is 5.32 Å². The first-order valence-electron chi connectivity index (χ1n) is 8.80. The van der Waals surface area contributed by atoms with Gasteiger partial charge in [0.05, 0.1) is 12.7 Å². The Hall–Kier alpha value is -3.16. The van der Waals surface area contributed by atoms with Crippen LogP contribution in [0.25, 0.3) is 0 Å². The van der Waals surface area contributed by atoms with Crippen molar-refractivity contribution in [1.82, 2.24) is 5.32 Å². The summed E-state index contributed by atoms with van der Waals surface area (Å²) in [4.78, 5) is 48.7. The second-order valence-corrected chi connectivity index (χ2v) is 6.36. The SMILES string of the molecule is COC(=O)[C@@]1(NC(=O)[C@H](C)OC(C)=O)CCC=C[C@@H]1OC(=O)c1ccccc1. The highest BCUT2D eigenvalue weighted by atomic mass is 16.6. The summed E-state index contributed by atoms with van der Waals surface area (Å²) in [6.07, 6.45) is 1.69. The zero-order chi connectivity index (χ0) is 20.7. The summed E-state index contributed by atoms with van der Waals surface area (Å²) in [6, 6.07) is 8.28. The first-order valence-corrected chi connectivity index (χ1v) is 8.80. The molecule has 0 bridgehead atoms. The highest BCUT2D eigenvalue weighted by Crippen LogP contribution is 2.29. The molecular weight excluding hydrogens is 366 g/mol. The van der Waals surface area contributed by atoms with E-state index in [0.29, 0.717) is 12.0 Å². The lowest BCUT2D eigenvalue weighted by Gasteiger charge is -2.39. The molecule has 0 unspecified atom stereocenters. The van der Waals surface area contributed by atoms with Gasteiger partial charge in [0.15, 0.2) is 17.7 Å². The molecule has 1 aliphatic carbocycles. The van der Waals surface area contributed by atoms with E-state index in [4.69, 9.17) is 14.2 Å². The molecule has 8 heteroatoms. The normalized spacial score (nSPS) is 21.9. The largest absolute Gasteiger partial charge is 0.467 e. The molecule has 1 amide bonds. The fourth-order valence-electron chi connectivity index (χ4n) is 2.94. The number of carbonyl (C=O) groups excluding carboxylic acids is 4. The zero-order valence-electron chi connectivity index (χ0n) is 16.0. The van der Waals surface area contributed by atoms with Gasteiger partial charge in [-0.25, -0.2) is 9.59 Å². The standard InChI is InChI=1S/C20H23NO7/c1-13(27-14(2)22)17(23)21-20(19(25)26-3)12-8-7-11-16(20)28-18(24)15-9-5-4-6-10-15/h4-7,9-11,13,16H,8,12H2,1-3H3,(H,21,23)/t13-,16-,20+/m0/s1. The molecule has 0 saturated heterocycles. The van der Waals surface area contributed by atoms with Gasteiger partial charge < -0.3 is 19.5 Å². The minimum atomic E-state index is -1.63. The number of allylic oxidation sites excluding steroid dienone is 1. The quantitative estimate of drug-likeness (QED) is 0.447. The van der Waals surface area contributed by atoms with Gasteiger partial charge in [-0.15, -0.1) is 0 Å². The summed E-state index contributed by atoms with van der Waals surface area (Å²) < 4.78 is 15.3. The Morgan fingerprint density at radius 2 is 1.86 bits per heavy atom. The van der Waals surface area contributed by atoms with Gasteiger partial charge in [-0.1, -0.05) is 24.3 Å². The molecule has 1 aromatic rings. The van der Waals surface area contributed by atoms with Crippen molar-refractivity contribution >= 4 is 23.8 Å². The molecule has 1 aromatic carbocycles. The third-order valence-corrected chi connectivity index (χ3v) is 4.35. The van der Waals surface area contributed by atoms with Crippen LogP contribution in [0.15, 0.2) is 42.5 Å². The molecule has 3 atom stereocenters. The number of amides is 1. The highest BCUT2D eigenvalue weighted by Gasteiger charge is 2.51. The van der Waals surface area contributed by atoms with Crippen molar-refractivity contribution in [2.24, 2.45) is 0 Å². The van der Waals surface area contributed by atoms with Crippen LogP contribution in [0.2, 0.25) is 0 Å². The van der Waals surface area contributed by atoms with E-state index in [9.17, 15) is 19.2 Å². The van der Waals surface area contributed by atoms with Gasteiger partial charge in [-0.2, -0.15) is 0 Å². The Balaban J connectivity index is 2.29. The number of nitrogens with one attached hydrogen (secondary N) is 1. The molecule has 8 nitrogen and oxygen atoms in total. The summed E-state index contributed by atoms with van der Waals surface area (Å²) in [5, 5.41) is 2.58. The minimum Gasteiger partial charge on any atom is -0.467 e. The minimum absolute atomic E-state index is 0.154. The van der Waals surface area contributed by atoms with Crippen LogP contribution >= 0.6 is 0 Å². The van der Waals surface area contributed by atoms with Crippen LogP contribution in [0.4, 0.5) is 0 Å². The van der Waals surface area contributed by atoms with Crippen LogP contribution in [0.3, 0.4) is 0 Å². The van der Waals surface area contributed by atoms with E-state index < -0.39 is 41.6 Å². The van der Waals surface area contributed by atoms with E-state index in [0.717, 1.165) is 0 Å². The van der Waals surface area contributed by atoms with Crippen molar-refractivity contribution in [1.29, 1.82) is 0 Å². The first kappa shape index (κ1) is 21.1. The molecule has 0 heterocycles. The first-order chi connectivity index (χ1) is 13.3. The second kappa shape index (κ2) is 9.16. The van der Waals surface area contributed by atoms with Gasteiger partial charge in [-0.3, -0.25) is 9.59 Å². The molecule has 2 rings (SSSR count). The average molecular weight is 389 g/mol. The summed E-state index contributed by atoms with van der Waals surface area (Å²) in [5.74, 6) is -2.74. The Morgan fingerprint density at radius 1 is 1.18 bits per heavy atom. The molecule has 0 saturated carbocycles. The van der Waals surface area contributed by atoms with E-state index in [1.54, 1.807) is 36.4 Å². The van der Waals surface area contributed by atoms with Crippen molar-refractivity contribution < 1.29 is 33.4 Å². The van der Waals surface area contributed by atoms with E-state index in [1.165, 1.54) is 27.0 Å². The third kappa shape index (κ3) is 4.76. The number of carbonyl (C=O) groups is 4. The lowest BCUT2D eigenvalue weighted by molar-refractivity contribution is -0.160. The van der Waals surface area contributed by atoms with Crippen molar-refractivity contribution in [3.63, 3.8) is 0 Å². The highest BCUT2D eigenvalue weighted by molar-refractivity contribution is 5.93. The molecule has 0 aliphatic heterocycles. The summed E-state index contributed by atoms with van der Waals surface area (Å²) >= 11 is 0. The molecule has 150 valence electrons. The number of hydrogen-bond acceptors (Lipinski definition) is 7. The molecule has 0 radical (unpaired) electrons. The van der Waals surface area contributed by atoms with Crippen LogP contribution in [0.5, 0.6) is 0 Å². The van der Waals surface area contributed by atoms with Crippen LogP contribution in [-0.2, 0) is 28.6 Å². The molecule has 0 fully saturated rings. The Labute approximate surface area is 162 Å². The van der Waals surface area contributed by atoms with Crippen molar-refractivity contribution in [2.75, 3.05) is 7.11 Å². The van der Waals surface area contributed by atoms with Crippen LogP contribution in [-0.4, -0.2) is 48.7 Å². The van der Waals surface area contributed by atoms with Gasteiger partial charge in [0.2, 0.25) is 0 Å². The summed E-state index contributed by atoms with van der Waals surface area (Å²) in [6.45, 7) is 2.55. The summed E-state index contributed by atoms with van der Waals surface area (Å²) in [7, 11) is 1.18. The molecule has 28 heavy (non-hydrogen) atoms. The third-order valence-electron chi connectivity index (χ3n) is 4.35. The number of ether oxygens (including phenoxy) is 3. The maximum atomic E-state index is 12.6. The van der Waals surface area contributed by atoms with E-state index >= 15 is 0 Å². The Morgan fingerprint density at radius 3 is 2.46 bits per heavy atom. The predicted molar refractivity (Wildman–Crippen MR) is 98.1 cm³/mol. The van der Waals surface area contributed by atoms with Gasteiger partial charge in [0, 0.05) is 6.92 Å². The maximum absolute atomic E-state index is 12.6. The van der Waals surface area contributed by atoms with Gasteiger partial charge in [0.25, 0.3) is 5.91 Å². The van der Waals surface area contributed by atoms with E-state index in [1.807, 2.05) is 0 Å². The number of benzene rings is 1. The fourth-order valence-corrected chi connectivity index (χ4v) is 2.94. The zero-order valence-corrected chi connectivity index (χ0v) is 16.0. The van der Waals surface area contributed by atoms with Crippen LogP contribution in [0, 0.1) is 0 Å². The number of rotatable bonds is 6. The van der Waals surface area contributed by atoms with Gasteiger partial charge in [-0.05, 0) is 38.0 Å². The molecule has 1 aliphatic rings. The number of esters is 3. The Kier molecular flexibility index (Phi) is 6.92. The predicted octanol–water partition coefficient (Wildman–Crippen LogP) is 1.54. The van der Waals surface area contributed by atoms with E-state index in [-0.39, 0.29) is 6.42 Å². The lowest BCUT2D eigenvalue weighted by Crippen LogP contribution is -2.65. The maximum Gasteiger partial charge on any atom is 0.338 e. The number of hydrogen-bond donors (Lipinski definition) is 1. The van der Waals surface area contributed by atoms with E-state index in [2.05, 4.69) is 5.32 Å². The van der Waals surface area contributed by atoms with Gasteiger partial charge >= 0.3 is 17.9 Å². The van der Waals surface area contributed by atoms with Crippen LogP contribution in [0.1, 0.15) is 37.0 Å². The van der Waals surface area contributed by atoms with Crippen molar-refractivity contribution in [2.45, 2.75) is 44.4 Å². The second-order valence-electron chi connectivity index (χ2n) is 6.36. The van der Waals surface area contributed by atoms with Crippen molar-refractivity contribution in [3.05, 3.63) is 48.0 Å². The Bertz CT molecular complexity index is 774. The number of methoxy groups -OCH3 is 1. The molecule has 0 spiro atoms. The fraction of sp³-hybridized carbons (Fsp3) is 0.400. The van der Waals surface area contributed by atoms with Gasteiger partial charge in [0.1, 0.15) is 0 Å². The summed E-state index contributed by atoms with van der Waals surface area (Å²) in [5.41, 5.74) is -1.32. The molecule has 0 aromatic heterocycles.